The van der Waals surface area contributed by atoms with Crippen LogP contribution >= 0.6 is 0 Å². The number of nitrogens with one attached hydrogen (secondary N) is 2. The third-order valence-electron chi connectivity index (χ3n) is 3.51. The van der Waals surface area contributed by atoms with Gasteiger partial charge in [-0.05, 0) is 18.1 Å². The average Bonchev–Trinajstić information content (AvgIpc) is 2.57. The summed E-state index contributed by atoms with van der Waals surface area (Å²) in [5, 5.41) is 14.9. The monoisotopic (exact) mass is 355 g/mol. The number of aliphatic hydroxyl groups is 1. The fourth-order valence-corrected chi connectivity index (χ4v) is 2.02. The number of alkyl halides is 3. The van der Waals surface area contributed by atoms with Crippen LogP contribution in [0.5, 0.6) is 0 Å². The number of rotatable bonds is 7. The molecule has 25 heavy (non-hydrogen) atoms. The van der Waals surface area contributed by atoms with E-state index in [9.17, 15) is 18.3 Å². The zero-order valence-corrected chi connectivity index (χ0v) is 13.9. The van der Waals surface area contributed by atoms with Crippen molar-refractivity contribution in [2.24, 2.45) is 5.92 Å². The molecule has 0 amide bonds. The van der Waals surface area contributed by atoms with Crippen molar-refractivity contribution < 1.29 is 18.3 Å². The molecule has 0 aliphatic heterocycles. The molecular formula is C16H20F3N5O. The van der Waals surface area contributed by atoms with E-state index in [2.05, 4.69) is 25.6 Å². The summed E-state index contributed by atoms with van der Waals surface area (Å²) in [6.45, 7) is 3.65. The zero-order chi connectivity index (χ0) is 18.4. The Morgan fingerprint density at radius 2 is 1.96 bits per heavy atom. The molecule has 6 nitrogen and oxygen atoms in total. The zero-order valence-electron chi connectivity index (χ0n) is 13.9. The molecule has 0 aromatic carbocycles. The largest absolute Gasteiger partial charge is 0.433 e. The van der Waals surface area contributed by atoms with Gasteiger partial charge in [0, 0.05) is 12.3 Å². The topological polar surface area (TPSA) is 83.0 Å². The second-order valence-electron chi connectivity index (χ2n) is 5.81. The number of hydrogen-bond acceptors (Lipinski definition) is 6. The summed E-state index contributed by atoms with van der Waals surface area (Å²) >= 11 is 0. The lowest BCUT2D eigenvalue weighted by Crippen LogP contribution is -2.30. The van der Waals surface area contributed by atoms with Gasteiger partial charge in [-0.3, -0.25) is 4.98 Å². The summed E-state index contributed by atoms with van der Waals surface area (Å²) in [6, 6.07) is 5.67. The van der Waals surface area contributed by atoms with Crippen LogP contribution in [0.3, 0.4) is 0 Å². The lowest BCUT2D eigenvalue weighted by molar-refractivity contribution is -0.141. The Kier molecular flexibility index (Phi) is 6.13. The number of nitrogens with zero attached hydrogens (tertiary/aromatic N) is 3. The molecular weight excluding hydrogens is 335 g/mol. The molecule has 0 fully saturated rings. The smallest absolute Gasteiger partial charge is 0.394 e. The van der Waals surface area contributed by atoms with Gasteiger partial charge in [0.1, 0.15) is 5.82 Å². The standard InChI is InChI=1S/C16H20F3N5O/c1-10(2)12(9-25)22-15-23-13(16(17,18)19)7-14(24-15)21-8-11-5-3-4-6-20-11/h3-7,10,12,25H,8-9H2,1-2H3,(H2,21,22,23,24)/t12-/m1/s1. The minimum Gasteiger partial charge on any atom is -0.394 e. The maximum atomic E-state index is 13.1. The van der Waals surface area contributed by atoms with E-state index in [1.54, 1.807) is 24.4 Å². The van der Waals surface area contributed by atoms with Gasteiger partial charge < -0.3 is 15.7 Å². The van der Waals surface area contributed by atoms with Crippen LogP contribution in [0.15, 0.2) is 30.5 Å². The Bertz CT molecular complexity index is 679. The molecule has 2 aromatic rings. The van der Waals surface area contributed by atoms with Crippen LogP contribution in [0.4, 0.5) is 24.9 Å². The highest BCUT2D eigenvalue weighted by atomic mass is 19.4. The normalized spacial score (nSPS) is 12.9. The van der Waals surface area contributed by atoms with E-state index in [-0.39, 0.29) is 30.8 Å². The minimum atomic E-state index is -4.60. The number of pyridine rings is 1. The van der Waals surface area contributed by atoms with Gasteiger partial charge in [0.15, 0.2) is 5.69 Å². The maximum Gasteiger partial charge on any atom is 0.433 e. The Morgan fingerprint density at radius 1 is 1.20 bits per heavy atom. The summed E-state index contributed by atoms with van der Waals surface area (Å²) in [5.74, 6) is -0.171. The number of hydrogen-bond donors (Lipinski definition) is 3. The molecule has 136 valence electrons. The van der Waals surface area contributed by atoms with Crippen molar-refractivity contribution in [2.45, 2.75) is 32.6 Å². The molecule has 3 N–H and O–H groups in total. The second kappa shape index (κ2) is 8.11. The highest BCUT2D eigenvalue weighted by Gasteiger charge is 2.34. The van der Waals surface area contributed by atoms with E-state index < -0.39 is 17.9 Å². The van der Waals surface area contributed by atoms with Gasteiger partial charge in [-0.1, -0.05) is 19.9 Å². The first-order valence-corrected chi connectivity index (χ1v) is 7.77. The van der Waals surface area contributed by atoms with Crippen LogP contribution in [0.1, 0.15) is 25.2 Å². The van der Waals surface area contributed by atoms with E-state index in [0.717, 1.165) is 6.07 Å². The van der Waals surface area contributed by atoms with Gasteiger partial charge in [-0.15, -0.1) is 0 Å². The van der Waals surface area contributed by atoms with Crippen molar-refractivity contribution in [3.8, 4) is 0 Å². The van der Waals surface area contributed by atoms with Gasteiger partial charge in [0.2, 0.25) is 5.95 Å². The van der Waals surface area contributed by atoms with Gasteiger partial charge in [0.05, 0.1) is 24.9 Å². The van der Waals surface area contributed by atoms with Crippen LogP contribution in [0.2, 0.25) is 0 Å². The predicted octanol–water partition coefficient (Wildman–Crippen LogP) is 2.93. The number of aliphatic hydroxyl groups excluding tert-OH is 1. The summed E-state index contributed by atoms with van der Waals surface area (Å²) in [7, 11) is 0. The van der Waals surface area contributed by atoms with E-state index in [4.69, 9.17) is 0 Å². The van der Waals surface area contributed by atoms with Crippen molar-refractivity contribution in [2.75, 3.05) is 17.2 Å². The third-order valence-corrected chi connectivity index (χ3v) is 3.51. The fraction of sp³-hybridized carbons (Fsp3) is 0.438. The Morgan fingerprint density at radius 3 is 2.52 bits per heavy atom. The molecule has 0 bridgehead atoms. The quantitative estimate of drug-likeness (QED) is 0.708. The lowest BCUT2D eigenvalue weighted by Gasteiger charge is -2.21. The Labute approximate surface area is 143 Å². The van der Waals surface area contributed by atoms with Gasteiger partial charge >= 0.3 is 6.18 Å². The minimum absolute atomic E-state index is 0.00642. The van der Waals surface area contributed by atoms with Crippen LogP contribution in [-0.2, 0) is 12.7 Å². The van der Waals surface area contributed by atoms with E-state index in [0.29, 0.717) is 5.69 Å². The number of anilines is 2. The number of halogens is 3. The second-order valence-corrected chi connectivity index (χ2v) is 5.81. The molecule has 9 heteroatoms. The average molecular weight is 355 g/mol. The molecule has 2 heterocycles. The highest BCUT2D eigenvalue weighted by Crippen LogP contribution is 2.30. The highest BCUT2D eigenvalue weighted by molar-refractivity contribution is 5.44. The van der Waals surface area contributed by atoms with E-state index >= 15 is 0 Å². The van der Waals surface area contributed by atoms with Crippen molar-refractivity contribution in [1.29, 1.82) is 0 Å². The first-order chi connectivity index (χ1) is 11.8. The third kappa shape index (κ3) is 5.56. The lowest BCUT2D eigenvalue weighted by atomic mass is 10.1. The summed E-state index contributed by atoms with van der Waals surface area (Å²) in [5.41, 5.74) is -0.395. The summed E-state index contributed by atoms with van der Waals surface area (Å²) in [6.07, 6.45) is -3.01. The predicted molar refractivity (Wildman–Crippen MR) is 87.9 cm³/mol. The van der Waals surface area contributed by atoms with Crippen LogP contribution in [0.25, 0.3) is 0 Å². The maximum absolute atomic E-state index is 13.1. The molecule has 0 spiro atoms. The summed E-state index contributed by atoms with van der Waals surface area (Å²) in [4.78, 5) is 11.7. The van der Waals surface area contributed by atoms with Gasteiger partial charge in [0.25, 0.3) is 0 Å². The molecule has 0 aliphatic carbocycles. The molecule has 0 aliphatic rings. The first kappa shape index (κ1) is 18.9. The van der Waals surface area contributed by atoms with Gasteiger partial charge in [-0.2, -0.15) is 18.2 Å². The fourth-order valence-electron chi connectivity index (χ4n) is 2.02. The molecule has 0 unspecified atom stereocenters. The SMILES string of the molecule is CC(C)[C@@H](CO)Nc1nc(NCc2ccccn2)cc(C(F)(F)F)n1. The Balaban J connectivity index is 2.24. The molecule has 0 saturated heterocycles. The summed E-state index contributed by atoms with van der Waals surface area (Å²) < 4.78 is 39.2. The first-order valence-electron chi connectivity index (χ1n) is 7.77. The van der Waals surface area contributed by atoms with Crippen LogP contribution in [0, 0.1) is 5.92 Å². The molecule has 2 rings (SSSR count). The molecule has 0 saturated carbocycles. The number of aromatic nitrogens is 3. The molecule has 0 radical (unpaired) electrons. The van der Waals surface area contributed by atoms with Crippen molar-refractivity contribution in [3.05, 3.63) is 41.9 Å². The van der Waals surface area contributed by atoms with Crippen molar-refractivity contribution in [1.82, 2.24) is 15.0 Å². The van der Waals surface area contributed by atoms with Gasteiger partial charge in [-0.25, -0.2) is 4.98 Å². The molecule has 2 aromatic heterocycles. The van der Waals surface area contributed by atoms with E-state index in [1.807, 2.05) is 13.8 Å². The van der Waals surface area contributed by atoms with E-state index in [1.165, 1.54) is 0 Å². The van der Waals surface area contributed by atoms with Crippen LogP contribution < -0.4 is 10.6 Å². The van der Waals surface area contributed by atoms with Crippen molar-refractivity contribution >= 4 is 11.8 Å². The van der Waals surface area contributed by atoms with Crippen LogP contribution in [-0.4, -0.2) is 32.7 Å². The van der Waals surface area contributed by atoms with Crippen molar-refractivity contribution in [3.63, 3.8) is 0 Å². The Hall–Kier alpha value is -2.42. The molecule has 1 atom stereocenters.